The quantitative estimate of drug-likeness (QED) is 0.878. The molecule has 1 aromatic heterocycles. The molecule has 1 saturated heterocycles. The average Bonchev–Trinajstić information content (AvgIpc) is 2.40. The molecule has 0 amide bonds. The van der Waals surface area contributed by atoms with Gasteiger partial charge in [-0.25, -0.2) is 9.97 Å². The lowest BCUT2D eigenvalue weighted by molar-refractivity contribution is 0.199. The monoisotopic (exact) mass is 251 g/mol. The van der Waals surface area contributed by atoms with Gasteiger partial charge in [0.25, 0.3) is 0 Å². The summed E-state index contributed by atoms with van der Waals surface area (Å²) in [6, 6.07) is 2.32. The number of rotatable bonds is 4. The fraction of sp³-hybridized carbons (Fsp3) is 0.692. The van der Waals surface area contributed by atoms with Gasteiger partial charge in [0.05, 0.1) is 6.61 Å². The van der Waals surface area contributed by atoms with E-state index in [-0.39, 0.29) is 6.61 Å². The average molecular weight is 251 g/mol. The van der Waals surface area contributed by atoms with E-state index < -0.39 is 0 Å². The van der Waals surface area contributed by atoms with Crippen molar-refractivity contribution in [3.05, 3.63) is 12.4 Å². The van der Waals surface area contributed by atoms with Gasteiger partial charge in [-0.3, -0.25) is 0 Å². The van der Waals surface area contributed by atoms with Gasteiger partial charge < -0.3 is 14.7 Å². The Kier molecular flexibility index (Phi) is 4.36. The Labute approximate surface area is 108 Å². The highest BCUT2D eigenvalue weighted by Crippen LogP contribution is 2.27. The van der Waals surface area contributed by atoms with E-state index in [2.05, 4.69) is 21.8 Å². The maximum absolute atomic E-state index is 9.30. The zero-order valence-electron chi connectivity index (χ0n) is 11.0. The zero-order valence-corrected chi connectivity index (χ0v) is 11.0. The molecular weight excluding hydrogens is 230 g/mol. The number of hydrogen-bond acceptors (Lipinski definition) is 5. The van der Waals surface area contributed by atoms with Crippen LogP contribution >= 0.6 is 0 Å². The molecule has 0 radical (unpaired) electrons. The first-order valence-electron chi connectivity index (χ1n) is 6.57. The largest absolute Gasteiger partial charge is 0.478 e. The van der Waals surface area contributed by atoms with Crippen molar-refractivity contribution >= 4 is 5.82 Å². The number of ether oxygens (including phenoxy) is 1. The van der Waals surface area contributed by atoms with Crippen molar-refractivity contribution in [1.29, 1.82) is 0 Å². The Morgan fingerprint density at radius 1 is 1.44 bits per heavy atom. The molecule has 2 heterocycles. The van der Waals surface area contributed by atoms with Gasteiger partial charge in [0.2, 0.25) is 5.88 Å². The minimum atomic E-state index is 0.243. The maximum atomic E-state index is 9.30. The van der Waals surface area contributed by atoms with Gasteiger partial charge in [0, 0.05) is 25.3 Å². The summed E-state index contributed by atoms with van der Waals surface area (Å²) in [4.78, 5) is 10.6. The standard InChI is InChI=1S/C13H21N3O2/c1-3-18-13-6-12(14-9-15-13)16-7-11(8-17)5-4-10(16)2/h6,9-11,17H,3-5,7-8H2,1-2H3. The van der Waals surface area contributed by atoms with E-state index in [4.69, 9.17) is 4.74 Å². The number of aromatic nitrogens is 2. The van der Waals surface area contributed by atoms with Gasteiger partial charge in [-0.2, -0.15) is 0 Å². The molecule has 18 heavy (non-hydrogen) atoms. The molecular formula is C13H21N3O2. The fourth-order valence-electron chi connectivity index (χ4n) is 2.36. The normalized spacial score (nSPS) is 24.1. The fourth-order valence-corrected chi connectivity index (χ4v) is 2.36. The molecule has 1 aliphatic heterocycles. The van der Waals surface area contributed by atoms with Gasteiger partial charge in [0.15, 0.2) is 0 Å². The molecule has 1 aromatic rings. The third-order valence-electron chi connectivity index (χ3n) is 3.45. The van der Waals surface area contributed by atoms with Gasteiger partial charge in [-0.1, -0.05) is 0 Å². The minimum absolute atomic E-state index is 0.243. The molecule has 100 valence electrons. The molecule has 1 N–H and O–H groups in total. The highest BCUT2D eigenvalue weighted by Gasteiger charge is 2.26. The minimum Gasteiger partial charge on any atom is -0.478 e. The molecule has 0 aliphatic carbocycles. The summed E-state index contributed by atoms with van der Waals surface area (Å²) in [7, 11) is 0. The Morgan fingerprint density at radius 3 is 3.00 bits per heavy atom. The van der Waals surface area contributed by atoms with Crippen LogP contribution in [0.15, 0.2) is 12.4 Å². The van der Waals surface area contributed by atoms with Crippen molar-refractivity contribution in [2.45, 2.75) is 32.7 Å². The lowest BCUT2D eigenvalue weighted by atomic mass is 9.94. The predicted molar refractivity (Wildman–Crippen MR) is 69.8 cm³/mol. The van der Waals surface area contributed by atoms with Crippen LogP contribution in [0.4, 0.5) is 5.82 Å². The molecule has 2 unspecified atom stereocenters. The van der Waals surface area contributed by atoms with E-state index in [1.807, 2.05) is 13.0 Å². The summed E-state index contributed by atoms with van der Waals surface area (Å²) in [5.41, 5.74) is 0. The zero-order chi connectivity index (χ0) is 13.0. The first-order chi connectivity index (χ1) is 8.74. The van der Waals surface area contributed by atoms with E-state index >= 15 is 0 Å². The number of anilines is 1. The summed E-state index contributed by atoms with van der Waals surface area (Å²) in [6.07, 6.45) is 3.70. The number of aliphatic hydroxyl groups excluding tert-OH is 1. The van der Waals surface area contributed by atoms with Crippen LogP contribution in [0, 0.1) is 5.92 Å². The number of aliphatic hydroxyl groups is 1. The molecule has 0 aromatic carbocycles. The predicted octanol–water partition coefficient (Wildman–Crippen LogP) is 1.47. The summed E-state index contributed by atoms with van der Waals surface area (Å²) in [5, 5.41) is 9.30. The van der Waals surface area contributed by atoms with Gasteiger partial charge >= 0.3 is 0 Å². The number of hydrogen-bond donors (Lipinski definition) is 1. The van der Waals surface area contributed by atoms with Crippen molar-refractivity contribution in [3.8, 4) is 5.88 Å². The SMILES string of the molecule is CCOc1cc(N2CC(CO)CCC2C)ncn1. The molecule has 0 saturated carbocycles. The van der Waals surface area contributed by atoms with Crippen LogP contribution in [-0.2, 0) is 0 Å². The van der Waals surface area contributed by atoms with Crippen molar-refractivity contribution in [2.24, 2.45) is 5.92 Å². The third kappa shape index (κ3) is 2.90. The Morgan fingerprint density at radius 2 is 2.28 bits per heavy atom. The molecule has 0 spiro atoms. The lowest BCUT2D eigenvalue weighted by Gasteiger charge is -2.38. The molecule has 2 atom stereocenters. The topological polar surface area (TPSA) is 58.5 Å². The van der Waals surface area contributed by atoms with Crippen LogP contribution < -0.4 is 9.64 Å². The molecule has 5 heteroatoms. The second-order valence-electron chi connectivity index (χ2n) is 4.77. The highest BCUT2D eigenvalue weighted by atomic mass is 16.5. The van der Waals surface area contributed by atoms with Crippen molar-refractivity contribution in [2.75, 3.05) is 24.7 Å². The summed E-state index contributed by atoms with van der Waals surface area (Å²) < 4.78 is 5.40. The van der Waals surface area contributed by atoms with Crippen molar-refractivity contribution in [1.82, 2.24) is 9.97 Å². The second-order valence-corrected chi connectivity index (χ2v) is 4.77. The molecule has 2 rings (SSSR count). The first kappa shape index (κ1) is 13.1. The Balaban J connectivity index is 2.15. The Hall–Kier alpha value is -1.36. The summed E-state index contributed by atoms with van der Waals surface area (Å²) in [5.74, 6) is 1.84. The van der Waals surface area contributed by atoms with E-state index in [0.717, 1.165) is 25.2 Å². The second kappa shape index (κ2) is 6.00. The van der Waals surface area contributed by atoms with E-state index in [1.165, 1.54) is 6.33 Å². The van der Waals surface area contributed by atoms with E-state index in [9.17, 15) is 5.11 Å². The smallest absolute Gasteiger partial charge is 0.218 e. The molecule has 1 fully saturated rings. The summed E-state index contributed by atoms with van der Waals surface area (Å²) in [6.45, 7) is 5.82. The van der Waals surface area contributed by atoms with Crippen LogP contribution in [0.3, 0.4) is 0 Å². The molecule has 0 bridgehead atoms. The molecule has 1 aliphatic rings. The third-order valence-corrected chi connectivity index (χ3v) is 3.45. The number of piperidine rings is 1. The van der Waals surface area contributed by atoms with Gasteiger partial charge in [-0.05, 0) is 32.6 Å². The van der Waals surface area contributed by atoms with E-state index in [0.29, 0.717) is 24.4 Å². The van der Waals surface area contributed by atoms with Crippen LogP contribution in [0.1, 0.15) is 26.7 Å². The van der Waals surface area contributed by atoms with Crippen molar-refractivity contribution in [3.63, 3.8) is 0 Å². The van der Waals surface area contributed by atoms with Gasteiger partial charge in [0.1, 0.15) is 12.1 Å². The number of nitrogens with zero attached hydrogens (tertiary/aromatic N) is 3. The van der Waals surface area contributed by atoms with Crippen LogP contribution in [0.5, 0.6) is 5.88 Å². The van der Waals surface area contributed by atoms with E-state index in [1.54, 1.807) is 0 Å². The van der Waals surface area contributed by atoms with Gasteiger partial charge in [-0.15, -0.1) is 0 Å². The maximum Gasteiger partial charge on any atom is 0.218 e. The lowest BCUT2D eigenvalue weighted by Crippen LogP contribution is -2.43. The van der Waals surface area contributed by atoms with Crippen molar-refractivity contribution < 1.29 is 9.84 Å². The first-order valence-corrected chi connectivity index (χ1v) is 6.57. The highest BCUT2D eigenvalue weighted by molar-refractivity contribution is 5.42. The van der Waals surface area contributed by atoms with Crippen LogP contribution in [-0.4, -0.2) is 40.9 Å². The Bertz CT molecular complexity index is 386. The molecule has 5 nitrogen and oxygen atoms in total. The van der Waals surface area contributed by atoms with Crippen LogP contribution in [0.25, 0.3) is 0 Å². The summed E-state index contributed by atoms with van der Waals surface area (Å²) >= 11 is 0. The van der Waals surface area contributed by atoms with Crippen LogP contribution in [0.2, 0.25) is 0 Å².